The van der Waals surface area contributed by atoms with Crippen LogP contribution >= 0.6 is 0 Å². The maximum absolute atomic E-state index is 10.1. The average molecular weight is 209 g/mol. The zero-order chi connectivity index (χ0) is 11.3. The van der Waals surface area contributed by atoms with Gasteiger partial charge in [0.25, 0.3) is 0 Å². The van der Waals surface area contributed by atoms with E-state index in [9.17, 15) is 5.11 Å². The summed E-state index contributed by atoms with van der Waals surface area (Å²) >= 11 is 0. The van der Waals surface area contributed by atoms with Gasteiger partial charge in [-0.2, -0.15) is 0 Å². The quantitative estimate of drug-likeness (QED) is 0.810. The van der Waals surface area contributed by atoms with E-state index in [0.29, 0.717) is 11.4 Å². The summed E-state index contributed by atoms with van der Waals surface area (Å²) < 4.78 is 5.18. The molecule has 1 unspecified atom stereocenters. The lowest BCUT2D eigenvalue weighted by Crippen LogP contribution is -2.13. The first-order chi connectivity index (χ1) is 7.24. The summed E-state index contributed by atoms with van der Waals surface area (Å²) in [5.41, 5.74) is 0.647. The predicted octanol–water partition coefficient (Wildman–Crippen LogP) is 2.56. The highest BCUT2D eigenvalue weighted by atomic mass is 16.5. The number of aliphatic hydroxyl groups excluding tert-OH is 1. The van der Waals surface area contributed by atoms with Crippen LogP contribution in [0.15, 0.2) is 18.3 Å². The van der Waals surface area contributed by atoms with Crippen LogP contribution in [0.25, 0.3) is 0 Å². The summed E-state index contributed by atoms with van der Waals surface area (Å²) in [7, 11) is 1.60. The van der Waals surface area contributed by atoms with Gasteiger partial charge in [0, 0.05) is 6.20 Å². The molecule has 84 valence electrons. The number of hydrogen-bond donors (Lipinski definition) is 1. The SMILES string of the molecule is CCC(CC)C(O)c1ncccc1OC. The molecule has 15 heavy (non-hydrogen) atoms. The van der Waals surface area contributed by atoms with Crippen LogP contribution in [0.5, 0.6) is 5.75 Å². The Kier molecular flexibility index (Phi) is 4.56. The molecule has 1 rings (SSSR count). The number of hydrogen-bond acceptors (Lipinski definition) is 3. The van der Waals surface area contributed by atoms with Crippen molar-refractivity contribution in [2.75, 3.05) is 7.11 Å². The van der Waals surface area contributed by atoms with E-state index in [1.54, 1.807) is 13.3 Å². The van der Waals surface area contributed by atoms with E-state index in [2.05, 4.69) is 18.8 Å². The number of rotatable bonds is 5. The third-order valence-corrected chi connectivity index (χ3v) is 2.80. The zero-order valence-electron chi connectivity index (χ0n) is 9.60. The van der Waals surface area contributed by atoms with E-state index in [-0.39, 0.29) is 5.92 Å². The van der Waals surface area contributed by atoms with Crippen molar-refractivity contribution in [3.05, 3.63) is 24.0 Å². The molecule has 0 aromatic carbocycles. The molecule has 1 atom stereocenters. The molecule has 1 aromatic heterocycles. The van der Waals surface area contributed by atoms with E-state index in [1.807, 2.05) is 12.1 Å². The highest BCUT2D eigenvalue weighted by molar-refractivity contribution is 5.28. The molecule has 0 radical (unpaired) electrons. The second-order valence-corrected chi connectivity index (χ2v) is 3.61. The van der Waals surface area contributed by atoms with E-state index in [4.69, 9.17) is 4.74 Å². The molecule has 0 bridgehead atoms. The Morgan fingerprint density at radius 3 is 2.60 bits per heavy atom. The largest absolute Gasteiger partial charge is 0.495 e. The van der Waals surface area contributed by atoms with Gasteiger partial charge in [-0.05, 0) is 18.1 Å². The van der Waals surface area contributed by atoms with E-state index >= 15 is 0 Å². The van der Waals surface area contributed by atoms with Gasteiger partial charge in [-0.15, -0.1) is 0 Å². The maximum Gasteiger partial charge on any atom is 0.143 e. The molecule has 0 amide bonds. The Morgan fingerprint density at radius 1 is 1.40 bits per heavy atom. The number of ether oxygens (including phenoxy) is 1. The van der Waals surface area contributed by atoms with Gasteiger partial charge in [0.2, 0.25) is 0 Å². The molecular formula is C12H19NO2. The molecule has 3 nitrogen and oxygen atoms in total. The molecule has 1 N–H and O–H groups in total. The number of aromatic nitrogens is 1. The lowest BCUT2D eigenvalue weighted by atomic mass is 9.94. The minimum Gasteiger partial charge on any atom is -0.495 e. The number of methoxy groups -OCH3 is 1. The highest BCUT2D eigenvalue weighted by Gasteiger charge is 2.21. The zero-order valence-corrected chi connectivity index (χ0v) is 9.60. The van der Waals surface area contributed by atoms with Crippen LogP contribution in [0.3, 0.4) is 0 Å². The van der Waals surface area contributed by atoms with Crippen LogP contribution in [-0.2, 0) is 0 Å². The van der Waals surface area contributed by atoms with Crippen molar-refractivity contribution in [3.63, 3.8) is 0 Å². The fourth-order valence-electron chi connectivity index (χ4n) is 1.76. The molecule has 0 aliphatic carbocycles. The first-order valence-corrected chi connectivity index (χ1v) is 5.41. The number of pyridine rings is 1. The summed E-state index contributed by atoms with van der Waals surface area (Å²) in [6, 6.07) is 3.63. The lowest BCUT2D eigenvalue weighted by Gasteiger charge is -2.20. The van der Waals surface area contributed by atoms with E-state index in [0.717, 1.165) is 12.8 Å². The highest BCUT2D eigenvalue weighted by Crippen LogP contribution is 2.31. The first kappa shape index (κ1) is 12.0. The van der Waals surface area contributed by atoms with Gasteiger partial charge in [0.1, 0.15) is 17.5 Å². The van der Waals surface area contributed by atoms with Crippen LogP contribution in [-0.4, -0.2) is 17.2 Å². The van der Waals surface area contributed by atoms with Gasteiger partial charge >= 0.3 is 0 Å². The summed E-state index contributed by atoms with van der Waals surface area (Å²) in [6.07, 6.45) is 3.04. The summed E-state index contributed by atoms with van der Waals surface area (Å²) in [4.78, 5) is 4.19. The van der Waals surface area contributed by atoms with Crippen LogP contribution in [0.2, 0.25) is 0 Å². The van der Waals surface area contributed by atoms with Crippen LogP contribution in [0, 0.1) is 5.92 Å². The third-order valence-electron chi connectivity index (χ3n) is 2.80. The van der Waals surface area contributed by atoms with Crippen molar-refractivity contribution < 1.29 is 9.84 Å². The van der Waals surface area contributed by atoms with Crippen molar-refractivity contribution in [3.8, 4) is 5.75 Å². The molecule has 0 spiro atoms. The molecule has 0 saturated carbocycles. The fourth-order valence-corrected chi connectivity index (χ4v) is 1.76. The molecule has 1 aromatic rings. The standard InChI is InChI=1S/C12H19NO2/c1-4-9(5-2)12(14)11-10(15-3)7-6-8-13-11/h6-9,12,14H,4-5H2,1-3H3. The van der Waals surface area contributed by atoms with Crippen LogP contribution in [0.4, 0.5) is 0 Å². The molecule has 0 saturated heterocycles. The molecule has 0 aliphatic rings. The first-order valence-electron chi connectivity index (χ1n) is 5.41. The van der Waals surface area contributed by atoms with Crippen molar-refractivity contribution in [1.29, 1.82) is 0 Å². The molecular weight excluding hydrogens is 190 g/mol. The van der Waals surface area contributed by atoms with E-state index < -0.39 is 6.10 Å². The Hall–Kier alpha value is -1.09. The summed E-state index contributed by atoms with van der Waals surface area (Å²) in [5.74, 6) is 0.908. The second kappa shape index (κ2) is 5.71. The van der Waals surface area contributed by atoms with Gasteiger partial charge < -0.3 is 9.84 Å². The fraction of sp³-hybridized carbons (Fsp3) is 0.583. The normalized spacial score (nSPS) is 12.9. The van der Waals surface area contributed by atoms with Crippen molar-refractivity contribution in [1.82, 2.24) is 4.98 Å². The van der Waals surface area contributed by atoms with E-state index in [1.165, 1.54) is 0 Å². The molecule has 0 aliphatic heterocycles. The van der Waals surface area contributed by atoms with Crippen molar-refractivity contribution in [2.24, 2.45) is 5.92 Å². The van der Waals surface area contributed by atoms with Gasteiger partial charge in [-0.25, -0.2) is 0 Å². The topological polar surface area (TPSA) is 42.4 Å². The minimum absolute atomic E-state index is 0.244. The Labute approximate surface area is 91.1 Å². The van der Waals surface area contributed by atoms with Crippen molar-refractivity contribution in [2.45, 2.75) is 32.8 Å². The molecule has 0 fully saturated rings. The van der Waals surface area contributed by atoms with Crippen LogP contribution < -0.4 is 4.74 Å². The van der Waals surface area contributed by atoms with Gasteiger partial charge in [0.05, 0.1) is 7.11 Å². The smallest absolute Gasteiger partial charge is 0.143 e. The van der Waals surface area contributed by atoms with Crippen LogP contribution in [0.1, 0.15) is 38.5 Å². The Bertz CT molecular complexity index is 297. The third kappa shape index (κ3) is 2.69. The predicted molar refractivity (Wildman–Crippen MR) is 59.8 cm³/mol. The average Bonchev–Trinajstić information content (AvgIpc) is 2.30. The maximum atomic E-state index is 10.1. The van der Waals surface area contributed by atoms with Gasteiger partial charge in [0.15, 0.2) is 0 Å². The number of aliphatic hydroxyl groups is 1. The Morgan fingerprint density at radius 2 is 2.07 bits per heavy atom. The van der Waals surface area contributed by atoms with Gasteiger partial charge in [-0.1, -0.05) is 26.7 Å². The van der Waals surface area contributed by atoms with Crippen molar-refractivity contribution >= 4 is 0 Å². The summed E-state index contributed by atoms with van der Waals surface area (Å²) in [6.45, 7) is 4.15. The minimum atomic E-state index is -0.531. The summed E-state index contributed by atoms with van der Waals surface area (Å²) in [5, 5.41) is 10.1. The monoisotopic (exact) mass is 209 g/mol. The molecule has 3 heteroatoms. The van der Waals surface area contributed by atoms with Gasteiger partial charge in [-0.3, -0.25) is 4.98 Å². The second-order valence-electron chi connectivity index (χ2n) is 3.61. The number of nitrogens with zero attached hydrogens (tertiary/aromatic N) is 1. The lowest BCUT2D eigenvalue weighted by molar-refractivity contribution is 0.0961. The Balaban J connectivity index is 2.93. The molecule has 1 heterocycles.